The van der Waals surface area contributed by atoms with Crippen molar-refractivity contribution in [2.75, 3.05) is 17.6 Å². The van der Waals surface area contributed by atoms with E-state index in [0.717, 1.165) is 32.9 Å². The maximum Gasteiger partial charge on any atom is 0.230 e. The van der Waals surface area contributed by atoms with Gasteiger partial charge in [0.15, 0.2) is 5.16 Å². The number of carbonyl (C=O) groups excluding carboxylic acids is 2. The largest absolute Gasteiger partial charge is 0.355 e. The fourth-order valence-electron chi connectivity index (χ4n) is 2.72. The van der Waals surface area contributed by atoms with Crippen LogP contribution in [0.15, 0.2) is 58.2 Å². The summed E-state index contributed by atoms with van der Waals surface area (Å²) in [6.07, 6.45) is 0.222. The van der Waals surface area contributed by atoms with Gasteiger partial charge in [-0.3, -0.25) is 9.59 Å². The van der Waals surface area contributed by atoms with E-state index in [2.05, 4.69) is 43.0 Å². The topological polar surface area (TPSA) is 76.0 Å². The molecule has 0 saturated heterocycles. The third-order valence-corrected chi connectivity index (χ3v) is 5.58. The number of anilines is 1. The zero-order valence-corrected chi connectivity index (χ0v) is 17.8. The van der Waals surface area contributed by atoms with Gasteiger partial charge in [0.2, 0.25) is 11.8 Å². The molecule has 2 N–H and O–H groups in total. The Labute approximate surface area is 176 Å². The van der Waals surface area contributed by atoms with Crippen LogP contribution in [0.4, 0.5) is 5.69 Å². The molecule has 0 atom stereocenters. The highest BCUT2D eigenvalue weighted by Gasteiger charge is 2.12. The van der Waals surface area contributed by atoms with Crippen molar-refractivity contribution in [3.63, 3.8) is 0 Å². The van der Waals surface area contributed by atoms with Crippen molar-refractivity contribution in [3.8, 4) is 0 Å². The van der Waals surface area contributed by atoms with Gasteiger partial charge in [0, 0.05) is 29.7 Å². The minimum Gasteiger partial charge on any atom is -0.355 e. The monoisotopic (exact) mass is 460 g/mol. The second-order valence-electron chi connectivity index (χ2n) is 6.07. The molecule has 0 bridgehead atoms. The van der Waals surface area contributed by atoms with Crippen LogP contribution in [0.5, 0.6) is 0 Å². The van der Waals surface area contributed by atoms with Gasteiger partial charge in [-0.15, -0.1) is 0 Å². The number of hydrogen-bond donors (Lipinski definition) is 2. The van der Waals surface area contributed by atoms with Crippen LogP contribution in [0.2, 0.25) is 0 Å². The molecule has 0 aliphatic rings. The number of amides is 2. The maximum absolute atomic E-state index is 12.1. The molecule has 1 heterocycles. The summed E-state index contributed by atoms with van der Waals surface area (Å²) in [4.78, 5) is 28.6. The van der Waals surface area contributed by atoms with Crippen LogP contribution in [0.25, 0.3) is 11.0 Å². The molecule has 0 spiro atoms. The Hall–Kier alpha value is -2.32. The summed E-state index contributed by atoms with van der Waals surface area (Å²) < 4.78 is 3.05. The third-order valence-electron chi connectivity index (χ3n) is 4.07. The first kappa shape index (κ1) is 20.4. The van der Waals surface area contributed by atoms with E-state index in [1.807, 2.05) is 48.5 Å². The Morgan fingerprint density at radius 3 is 2.61 bits per heavy atom. The van der Waals surface area contributed by atoms with Gasteiger partial charge in [-0.2, -0.15) is 0 Å². The van der Waals surface area contributed by atoms with Gasteiger partial charge >= 0.3 is 0 Å². The van der Waals surface area contributed by atoms with E-state index >= 15 is 0 Å². The molecule has 28 heavy (non-hydrogen) atoms. The Morgan fingerprint density at radius 1 is 1.11 bits per heavy atom. The number of nitrogens with zero attached hydrogens (tertiary/aromatic N) is 2. The predicted molar refractivity (Wildman–Crippen MR) is 117 cm³/mol. The molecule has 2 amide bonds. The summed E-state index contributed by atoms with van der Waals surface area (Å²) in [5.74, 6) is 0.0108. The van der Waals surface area contributed by atoms with Gasteiger partial charge in [-0.05, 0) is 43.3 Å². The quantitative estimate of drug-likeness (QED) is 0.497. The molecule has 0 unspecified atom stereocenters. The zero-order chi connectivity index (χ0) is 19.9. The van der Waals surface area contributed by atoms with Crippen LogP contribution in [-0.2, 0) is 16.1 Å². The number of fused-ring (bicyclic) bond motifs is 1. The average molecular weight is 461 g/mol. The van der Waals surface area contributed by atoms with Crippen molar-refractivity contribution in [2.24, 2.45) is 0 Å². The van der Waals surface area contributed by atoms with Crippen molar-refractivity contribution in [2.45, 2.75) is 25.0 Å². The lowest BCUT2D eigenvalue weighted by Gasteiger charge is -2.08. The van der Waals surface area contributed by atoms with Crippen LogP contribution in [-0.4, -0.2) is 33.7 Å². The maximum atomic E-state index is 12.1. The SMILES string of the molecule is CCn1c(SCC(=O)NCCC(=O)Nc2ccc(Br)cc2)nc2ccccc21. The number of nitrogens with one attached hydrogen (secondary N) is 2. The summed E-state index contributed by atoms with van der Waals surface area (Å²) in [7, 11) is 0. The summed E-state index contributed by atoms with van der Waals surface area (Å²) in [5, 5.41) is 6.41. The van der Waals surface area contributed by atoms with Gasteiger partial charge < -0.3 is 15.2 Å². The number of halogens is 1. The van der Waals surface area contributed by atoms with E-state index in [9.17, 15) is 9.59 Å². The Balaban J connectivity index is 1.43. The van der Waals surface area contributed by atoms with Gasteiger partial charge in [0.1, 0.15) is 0 Å². The van der Waals surface area contributed by atoms with E-state index < -0.39 is 0 Å². The zero-order valence-electron chi connectivity index (χ0n) is 15.4. The van der Waals surface area contributed by atoms with E-state index in [0.29, 0.717) is 6.54 Å². The lowest BCUT2D eigenvalue weighted by molar-refractivity contribution is -0.119. The number of hydrogen-bond acceptors (Lipinski definition) is 4. The Morgan fingerprint density at radius 2 is 1.86 bits per heavy atom. The van der Waals surface area contributed by atoms with Crippen molar-refractivity contribution < 1.29 is 9.59 Å². The smallest absolute Gasteiger partial charge is 0.230 e. The number of benzene rings is 2. The summed E-state index contributed by atoms with van der Waals surface area (Å²) in [6.45, 7) is 3.15. The molecule has 0 aliphatic carbocycles. The Bertz CT molecular complexity index is 972. The second-order valence-corrected chi connectivity index (χ2v) is 7.93. The van der Waals surface area contributed by atoms with E-state index in [-0.39, 0.29) is 24.0 Å². The molecule has 0 saturated carbocycles. The van der Waals surface area contributed by atoms with E-state index in [1.165, 1.54) is 11.8 Å². The summed E-state index contributed by atoms with van der Waals surface area (Å²) >= 11 is 4.75. The molecule has 1 aromatic heterocycles. The summed E-state index contributed by atoms with van der Waals surface area (Å²) in [5.41, 5.74) is 2.72. The van der Waals surface area contributed by atoms with Crippen molar-refractivity contribution >= 4 is 56.2 Å². The van der Waals surface area contributed by atoms with Crippen molar-refractivity contribution in [1.29, 1.82) is 0 Å². The number of para-hydroxylation sites is 2. The first-order valence-corrected chi connectivity index (χ1v) is 10.7. The van der Waals surface area contributed by atoms with Crippen LogP contribution in [0.3, 0.4) is 0 Å². The molecule has 3 aromatic rings. The summed E-state index contributed by atoms with van der Waals surface area (Å²) in [6, 6.07) is 15.3. The van der Waals surface area contributed by atoms with Gasteiger partial charge in [0.25, 0.3) is 0 Å². The number of aromatic nitrogens is 2. The molecule has 0 radical (unpaired) electrons. The first-order chi connectivity index (χ1) is 13.6. The molecule has 8 heteroatoms. The molecule has 3 rings (SSSR count). The minimum absolute atomic E-state index is 0.115. The molecular weight excluding hydrogens is 440 g/mol. The average Bonchev–Trinajstić information content (AvgIpc) is 3.05. The molecule has 2 aromatic carbocycles. The molecule has 0 fully saturated rings. The van der Waals surface area contributed by atoms with Crippen molar-refractivity contribution in [1.82, 2.24) is 14.9 Å². The van der Waals surface area contributed by atoms with Gasteiger partial charge in [-0.25, -0.2) is 4.98 Å². The number of aryl methyl sites for hydroxylation is 1. The Kier molecular flexibility index (Phi) is 7.11. The van der Waals surface area contributed by atoms with E-state index in [4.69, 9.17) is 0 Å². The van der Waals surface area contributed by atoms with Crippen LogP contribution in [0, 0.1) is 0 Å². The van der Waals surface area contributed by atoms with Crippen LogP contribution < -0.4 is 10.6 Å². The van der Waals surface area contributed by atoms with Crippen LogP contribution in [0.1, 0.15) is 13.3 Å². The normalized spacial score (nSPS) is 10.8. The second kappa shape index (κ2) is 9.75. The number of thioether (sulfide) groups is 1. The lowest BCUT2D eigenvalue weighted by atomic mass is 10.3. The highest BCUT2D eigenvalue weighted by Crippen LogP contribution is 2.23. The number of imidazole rings is 1. The minimum atomic E-state index is -0.136. The van der Waals surface area contributed by atoms with Gasteiger partial charge in [-0.1, -0.05) is 39.8 Å². The number of rotatable bonds is 8. The lowest BCUT2D eigenvalue weighted by Crippen LogP contribution is -2.29. The molecule has 0 aliphatic heterocycles. The highest BCUT2D eigenvalue weighted by molar-refractivity contribution is 9.10. The third kappa shape index (κ3) is 5.36. The van der Waals surface area contributed by atoms with Crippen molar-refractivity contribution in [3.05, 3.63) is 53.0 Å². The van der Waals surface area contributed by atoms with Gasteiger partial charge in [0.05, 0.1) is 16.8 Å². The van der Waals surface area contributed by atoms with E-state index in [1.54, 1.807) is 0 Å². The fourth-order valence-corrected chi connectivity index (χ4v) is 3.90. The first-order valence-electron chi connectivity index (χ1n) is 8.97. The van der Waals surface area contributed by atoms with Crippen LogP contribution >= 0.6 is 27.7 Å². The standard InChI is InChI=1S/C20H21BrN4O2S/c1-2-25-17-6-4-3-5-16(17)24-20(25)28-13-19(27)22-12-11-18(26)23-15-9-7-14(21)8-10-15/h3-10H,2,11-13H2,1H3,(H,22,27)(H,23,26). The molecule has 6 nitrogen and oxygen atoms in total. The highest BCUT2D eigenvalue weighted by atomic mass is 79.9. The number of carbonyl (C=O) groups is 2. The predicted octanol–water partition coefficient (Wildman–Crippen LogP) is 4.06. The fraction of sp³-hybridized carbons (Fsp3) is 0.250. The molecular formula is C20H21BrN4O2S. The molecule has 146 valence electrons.